The summed E-state index contributed by atoms with van der Waals surface area (Å²) in [6, 6.07) is 6.71. The number of hydrogen-bond donors (Lipinski definition) is 3. The molecule has 3 heterocycles. The number of carbonyl (C=O) groups excluding carboxylic acids is 2. The van der Waals surface area contributed by atoms with E-state index < -0.39 is 70.5 Å². The quantitative estimate of drug-likeness (QED) is 0.270. The number of rotatable bonds is 7. The minimum atomic E-state index is -5.49. The number of pyridine rings is 1. The molecule has 226 valence electrons. The molecule has 2 atom stereocenters. The third-order valence-corrected chi connectivity index (χ3v) is 7.17. The summed E-state index contributed by atoms with van der Waals surface area (Å²) in [6.45, 7) is -3.72. The fraction of sp³-hybridized carbons (Fsp3) is 0.259. The average Bonchev–Trinajstić information content (AvgIpc) is 3.54. The molecule has 0 fully saturated rings. The molecule has 4 aromatic rings. The Morgan fingerprint density at radius 2 is 1.84 bits per heavy atom. The molecule has 0 radical (unpaired) electrons. The summed E-state index contributed by atoms with van der Waals surface area (Å²) in [5.41, 5.74) is -2.45. The van der Waals surface area contributed by atoms with Crippen LogP contribution in [0.1, 0.15) is 35.1 Å². The van der Waals surface area contributed by atoms with Crippen LogP contribution in [-0.2, 0) is 15.8 Å². The van der Waals surface area contributed by atoms with E-state index in [9.17, 15) is 45.4 Å². The summed E-state index contributed by atoms with van der Waals surface area (Å²) in [4.78, 5) is 29.1. The second-order valence-corrected chi connectivity index (χ2v) is 10.0. The van der Waals surface area contributed by atoms with Gasteiger partial charge in [-0.05, 0) is 49.4 Å². The molecular weight excluding hydrogens is 591 g/mol. The smallest absolute Gasteiger partial charge is 0.424 e. The highest BCUT2D eigenvalue weighted by molar-refractivity contribution is 5.98. The van der Waals surface area contributed by atoms with Crippen molar-refractivity contribution < 1.29 is 50.2 Å². The van der Waals surface area contributed by atoms with Gasteiger partial charge in [0, 0.05) is 28.3 Å². The van der Waals surface area contributed by atoms with Gasteiger partial charge in [0.15, 0.2) is 5.82 Å². The molecule has 2 aromatic carbocycles. The monoisotopic (exact) mass is 611 g/mol. The maximum atomic E-state index is 14.5. The van der Waals surface area contributed by atoms with Crippen LogP contribution >= 0.6 is 0 Å². The minimum Gasteiger partial charge on any atom is -0.489 e. The van der Waals surface area contributed by atoms with E-state index in [-0.39, 0.29) is 39.2 Å². The third kappa shape index (κ3) is 5.00. The standard InChI is InChI=1S/C27H20F7N5O4/c1-25(23(35)41)11-43-21-16(25)8-18(37-20(21)12-2-4-15(28)5-3-12)26(42,27(32,33)34)10-36-22(40)13-6-14-9-39(24(30)31)38-19(14)17(29)7-13/h2-9,24,42H,10-11H2,1H3,(H2,35,41)(H,36,40)/t25-,26?/m0/s1. The summed E-state index contributed by atoms with van der Waals surface area (Å²) >= 11 is 0. The molecule has 1 aliphatic rings. The lowest BCUT2D eigenvalue weighted by molar-refractivity contribution is -0.265. The molecule has 1 aliphatic heterocycles. The van der Waals surface area contributed by atoms with Crippen molar-refractivity contribution in [2.75, 3.05) is 13.2 Å². The van der Waals surface area contributed by atoms with Gasteiger partial charge in [0.05, 0.1) is 12.2 Å². The normalized spacial score (nSPS) is 17.9. The van der Waals surface area contributed by atoms with E-state index in [0.717, 1.165) is 30.5 Å². The van der Waals surface area contributed by atoms with Crippen LogP contribution in [0.2, 0.25) is 0 Å². The van der Waals surface area contributed by atoms with Crippen LogP contribution in [0.25, 0.3) is 22.2 Å². The number of aromatic nitrogens is 3. The molecule has 43 heavy (non-hydrogen) atoms. The number of halogens is 7. The zero-order valence-corrected chi connectivity index (χ0v) is 21.8. The number of primary amides is 1. The molecular formula is C27H20F7N5O4. The number of aliphatic hydroxyl groups is 1. The molecule has 4 N–H and O–H groups in total. The number of nitrogens with two attached hydrogens (primary N) is 1. The van der Waals surface area contributed by atoms with Crippen molar-refractivity contribution in [3.8, 4) is 17.0 Å². The van der Waals surface area contributed by atoms with Crippen LogP contribution in [0, 0.1) is 11.6 Å². The Morgan fingerprint density at radius 1 is 1.16 bits per heavy atom. The van der Waals surface area contributed by atoms with Crippen LogP contribution in [0.3, 0.4) is 0 Å². The first kappa shape index (κ1) is 29.8. The summed E-state index contributed by atoms with van der Waals surface area (Å²) < 4.78 is 103. The van der Waals surface area contributed by atoms with Gasteiger partial charge in [0.1, 0.15) is 34.8 Å². The van der Waals surface area contributed by atoms with Gasteiger partial charge in [-0.1, -0.05) is 0 Å². The topological polar surface area (TPSA) is 132 Å². The summed E-state index contributed by atoms with van der Waals surface area (Å²) in [5, 5.41) is 16.1. The van der Waals surface area contributed by atoms with Crippen LogP contribution in [0.5, 0.6) is 5.75 Å². The number of nitrogens with one attached hydrogen (secondary N) is 1. The van der Waals surface area contributed by atoms with E-state index in [4.69, 9.17) is 10.5 Å². The van der Waals surface area contributed by atoms with Gasteiger partial charge in [-0.3, -0.25) is 9.59 Å². The Balaban J connectivity index is 1.57. The third-order valence-electron chi connectivity index (χ3n) is 7.17. The predicted molar refractivity (Wildman–Crippen MR) is 135 cm³/mol. The highest BCUT2D eigenvalue weighted by Gasteiger charge is 2.57. The average molecular weight is 611 g/mol. The zero-order chi connectivity index (χ0) is 31.5. The first-order valence-corrected chi connectivity index (χ1v) is 12.3. The maximum Gasteiger partial charge on any atom is 0.424 e. The van der Waals surface area contributed by atoms with Gasteiger partial charge in [-0.25, -0.2) is 18.4 Å². The van der Waals surface area contributed by atoms with E-state index in [2.05, 4.69) is 10.1 Å². The summed E-state index contributed by atoms with van der Waals surface area (Å²) in [7, 11) is 0. The molecule has 0 bridgehead atoms. The molecule has 0 spiro atoms. The van der Waals surface area contributed by atoms with E-state index in [0.29, 0.717) is 6.07 Å². The molecule has 1 unspecified atom stereocenters. The molecule has 2 aromatic heterocycles. The van der Waals surface area contributed by atoms with Gasteiger partial charge in [-0.2, -0.15) is 27.1 Å². The number of fused-ring (bicyclic) bond motifs is 2. The number of ether oxygens (including phenoxy) is 1. The van der Waals surface area contributed by atoms with Crippen molar-refractivity contribution in [2.45, 2.75) is 30.7 Å². The van der Waals surface area contributed by atoms with Crippen molar-refractivity contribution in [3.05, 3.63) is 77.1 Å². The zero-order valence-electron chi connectivity index (χ0n) is 21.8. The van der Waals surface area contributed by atoms with Crippen LogP contribution < -0.4 is 15.8 Å². The fourth-order valence-corrected chi connectivity index (χ4v) is 4.59. The first-order valence-electron chi connectivity index (χ1n) is 12.3. The largest absolute Gasteiger partial charge is 0.489 e. The lowest BCUT2D eigenvalue weighted by Gasteiger charge is -2.31. The number of benzene rings is 2. The Kier molecular flexibility index (Phi) is 7.07. The van der Waals surface area contributed by atoms with Gasteiger partial charge >= 0.3 is 12.7 Å². The number of nitrogens with zero attached hydrogens (tertiary/aromatic N) is 3. The Morgan fingerprint density at radius 3 is 2.44 bits per heavy atom. The van der Waals surface area contributed by atoms with Crippen molar-refractivity contribution >= 4 is 22.7 Å². The number of amides is 2. The Bertz CT molecular complexity index is 1760. The van der Waals surface area contributed by atoms with Crippen molar-refractivity contribution in [2.24, 2.45) is 5.73 Å². The molecule has 16 heteroatoms. The van der Waals surface area contributed by atoms with E-state index in [1.807, 2.05) is 5.32 Å². The van der Waals surface area contributed by atoms with Crippen molar-refractivity contribution in [1.82, 2.24) is 20.1 Å². The number of hydrogen-bond acceptors (Lipinski definition) is 6. The van der Waals surface area contributed by atoms with E-state index >= 15 is 0 Å². The molecule has 0 saturated carbocycles. The maximum absolute atomic E-state index is 14.5. The van der Waals surface area contributed by atoms with Crippen LogP contribution in [0.15, 0.2) is 48.7 Å². The SMILES string of the molecule is C[C@]1(C(N)=O)COc2c1cc(C(O)(CNC(=O)c1cc(F)c3nn(C(F)F)cc3c1)C(F)(F)F)nc2-c1ccc(F)cc1. The predicted octanol–water partition coefficient (Wildman–Crippen LogP) is 4.09. The second kappa shape index (κ2) is 10.2. The van der Waals surface area contributed by atoms with E-state index in [1.165, 1.54) is 19.1 Å². The van der Waals surface area contributed by atoms with Gasteiger partial charge in [-0.15, -0.1) is 0 Å². The molecule has 9 nitrogen and oxygen atoms in total. The first-order chi connectivity index (χ1) is 20.0. The molecule has 0 aliphatic carbocycles. The van der Waals surface area contributed by atoms with Gasteiger partial charge in [0.25, 0.3) is 5.91 Å². The van der Waals surface area contributed by atoms with E-state index in [1.54, 1.807) is 0 Å². The van der Waals surface area contributed by atoms with Crippen molar-refractivity contribution in [1.29, 1.82) is 0 Å². The lowest BCUT2D eigenvalue weighted by atomic mass is 9.81. The van der Waals surface area contributed by atoms with Gasteiger partial charge in [0.2, 0.25) is 11.5 Å². The minimum absolute atomic E-state index is 0.0786. The Labute approximate surface area is 237 Å². The molecule has 0 saturated heterocycles. The van der Waals surface area contributed by atoms with Gasteiger partial charge < -0.3 is 20.9 Å². The van der Waals surface area contributed by atoms with Crippen LogP contribution in [-0.4, -0.2) is 51.0 Å². The lowest BCUT2D eigenvalue weighted by Crippen LogP contribution is -2.51. The highest BCUT2D eigenvalue weighted by Crippen LogP contribution is 2.47. The van der Waals surface area contributed by atoms with Crippen molar-refractivity contribution in [3.63, 3.8) is 0 Å². The fourth-order valence-electron chi connectivity index (χ4n) is 4.59. The summed E-state index contributed by atoms with van der Waals surface area (Å²) in [6.07, 6.45) is -4.74. The molecule has 5 rings (SSSR count). The molecule has 2 amide bonds. The highest BCUT2D eigenvalue weighted by atomic mass is 19.4. The Hall–Kier alpha value is -4.73. The number of alkyl halides is 5. The summed E-state index contributed by atoms with van der Waals surface area (Å²) in [5.74, 6) is -4.21. The number of carbonyl (C=O) groups is 2. The second-order valence-electron chi connectivity index (χ2n) is 10.0. The van der Waals surface area contributed by atoms with Crippen LogP contribution in [0.4, 0.5) is 30.7 Å².